The topological polar surface area (TPSA) is 222 Å². The third-order valence-corrected chi connectivity index (χ3v) is 5.06. The molecule has 1 rings (SSSR count). The van der Waals surface area contributed by atoms with Gasteiger partial charge in [0.1, 0.15) is 18.1 Å². The fourth-order valence-electron chi connectivity index (χ4n) is 2.77. The maximum atomic E-state index is 12.8. The minimum atomic E-state index is -1.26. The van der Waals surface area contributed by atoms with E-state index in [1.807, 2.05) is 0 Å². The number of H-pyrrole nitrogens is 1. The zero-order chi connectivity index (χ0) is 25.1. The van der Waals surface area contributed by atoms with E-state index in [0.29, 0.717) is 5.69 Å². The number of hydrogen-bond donors (Lipinski definition) is 8. The number of carboxylic acids is 1. The first kappa shape index (κ1) is 27.9. The van der Waals surface area contributed by atoms with Crippen molar-refractivity contribution in [2.75, 3.05) is 5.75 Å². The van der Waals surface area contributed by atoms with E-state index in [0.717, 1.165) is 0 Å². The second-order valence-corrected chi connectivity index (χ2v) is 8.13. The summed E-state index contributed by atoms with van der Waals surface area (Å²) in [6, 6.07) is -4.51. The summed E-state index contributed by atoms with van der Waals surface area (Å²) in [7, 11) is 0. The second kappa shape index (κ2) is 13.4. The van der Waals surface area contributed by atoms with E-state index in [1.54, 1.807) is 13.8 Å². The molecule has 4 atom stereocenters. The van der Waals surface area contributed by atoms with Crippen LogP contribution in [0.25, 0.3) is 0 Å². The van der Waals surface area contributed by atoms with Crippen LogP contribution in [-0.4, -0.2) is 74.6 Å². The van der Waals surface area contributed by atoms with Crippen LogP contribution < -0.4 is 27.4 Å². The van der Waals surface area contributed by atoms with Crippen LogP contribution in [0.2, 0.25) is 0 Å². The molecule has 1 aromatic heterocycles. The van der Waals surface area contributed by atoms with Crippen molar-refractivity contribution in [1.29, 1.82) is 0 Å². The molecule has 0 aliphatic heterocycles. The molecular weight excluding hydrogens is 454 g/mol. The number of thiol groups is 1. The first-order valence-corrected chi connectivity index (χ1v) is 10.8. The lowest BCUT2D eigenvalue weighted by Crippen LogP contribution is -2.59. The van der Waals surface area contributed by atoms with Gasteiger partial charge in [0, 0.05) is 30.5 Å². The van der Waals surface area contributed by atoms with Gasteiger partial charge in [-0.3, -0.25) is 19.2 Å². The van der Waals surface area contributed by atoms with Crippen LogP contribution >= 0.6 is 12.6 Å². The molecule has 0 saturated heterocycles. The van der Waals surface area contributed by atoms with Gasteiger partial charge in [-0.25, -0.2) is 9.78 Å². The lowest BCUT2D eigenvalue weighted by Gasteiger charge is -2.26. The lowest BCUT2D eigenvalue weighted by molar-refractivity contribution is -0.142. The number of imidazole rings is 1. The number of nitrogens with zero attached hydrogens (tertiary/aromatic N) is 1. The Morgan fingerprint density at radius 3 is 2.21 bits per heavy atom. The Morgan fingerprint density at radius 1 is 1.09 bits per heavy atom. The fraction of sp³-hybridized carbons (Fsp3) is 0.579. The van der Waals surface area contributed by atoms with Gasteiger partial charge in [0.2, 0.25) is 23.6 Å². The molecule has 0 fully saturated rings. The monoisotopic (exact) mass is 485 g/mol. The Hall–Kier alpha value is -3.13. The van der Waals surface area contributed by atoms with Gasteiger partial charge >= 0.3 is 5.97 Å². The molecule has 4 amide bonds. The van der Waals surface area contributed by atoms with E-state index in [9.17, 15) is 29.1 Å². The molecule has 1 heterocycles. The number of amides is 4. The van der Waals surface area contributed by atoms with Gasteiger partial charge in [0.15, 0.2) is 0 Å². The van der Waals surface area contributed by atoms with Crippen LogP contribution in [0.4, 0.5) is 0 Å². The summed E-state index contributed by atoms with van der Waals surface area (Å²) in [5.74, 6) is -4.43. The second-order valence-electron chi connectivity index (χ2n) is 7.77. The number of primary amides is 1. The molecule has 184 valence electrons. The Morgan fingerprint density at radius 2 is 1.73 bits per heavy atom. The number of nitrogens with one attached hydrogen (secondary N) is 4. The predicted molar refractivity (Wildman–Crippen MR) is 121 cm³/mol. The minimum absolute atomic E-state index is 0.0161. The Balaban J connectivity index is 2.78. The van der Waals surface area contributed by atoms with Crippen molar-refractivity contribution in [3.05, 3.63) is 18.2 Å². The zero-order valence-electron chi connectivity index (χ0n) is 18.4. The first-order valence-electron chi connectivity index (χ1n) is 10.2. The fourth-order valence-corrected chi connectivity index (χ4v) is 3.03. The number of hydrogen-bond acceptors (Lipinski definition) is 8. The van der Waals surface area contributed by atoms with E-state index in [2.05, 4.69) is 38.5 Å². The molecule has 33 heavy (non-hydrogen) atoms. The van der Waals surface area contributed by atoms with Crippen molar-refractivity contribution in [2.24, 2.45) is 17.4 Å². The van der Waals surface area contributed by atoms with Crippen molar-refractivity contribution >= 4 is 42.2 Å². The Bertz CT molecular complexity index is 833. The number of carboxylic acid groups (broad SMARTS) is 1. The van der Waals surface area contributed by atoms with E-state index in [-0.39, 0.29) is 30.9 Å². The van der Waals surface area contributed by atoms with Crippen LogP contribution in [0.3, 0.4) is 0 Å². The predicted octanol–water partition coefficient (Wildman–Crippen LogP) is -2.33. The Kier molecular flexibility index (Phi) is 11.4. The summed E-state index contributed by atoms with van der Waals surface area (Å²) in [5.41, 5.74) is 11.3. The van der Waals surface area contributed by atoms with Crippen molar-refractivity contribution in [1.82, 2.24) is 25.9 Å². The normalized spacial score (nSPS) is 14.6. The summed E-state index contributed by atoms with van der Waals surface area (Å²) < 4.78 is 0. The molecule has 1 aromatic rings. The number of nitrogens with two attached hydrogens (primary N) is 2. The largest absolute Gasteiger partial charge is 0.480 e. The van der Waals surface area contributed by atoms with E-state index in [4.69, 9.17) is 11.5 Å². The van der Waals surface area contributed by atoms with Crippen molar-refractivity contribution in [3.8, 4) is 0 Å². The summed E-state index contributed by atoms with van der Waals surface area (Å²) in [5, 5.41) is 16.8. The highest BCUT2D eigenvalue weighted by atomic mass is 32.1. The number of carbonyl (C=O) groups excluding carboxylic acids is 4. The molecule has 0 bridgehead atoms. The molecule has 4 unspecified atom stereocenters. The standard InChI is InChI=1S/C19H31N7O6S/c1-9(2)15(26-16(28)11(20)3-4-14(21)27)18(30)25-13(7-33)17(29)24-12(19(31)32)5-10-6-22-8-23-10/h6,8-9,11-13,15,33H,3-5,7,20H2,1-2H3,(H2,21,27)(H,22,23)(H,24,29)(H,25,30)(H,26,28)(H,31,32). The molecular formula is C19H31N7O6S. The van der Waals surface area contributed by atoms with Gasteiger partial charge < -0.3 is 37.5 Å². The number of aromatic nitrogens is 2. The van der Waals surface area contributed by atoms with E-state index in [1.165, 1.54) is 12.5 Å². The van der Waals surface area contributed by atoms with Crippen LogP contribution in [0.5, 0.6) is 0 Å². The average molecular weight is 486 g/mol. The number of rotatable bonds is 14. The average Bonchev–Trinajstić information content (AvgIpc) is 3.25. The van der Waals surface area contributed by atoms with E-state index >= 15 is 0 Å². The van der Waals surface area contributed by atoms with Gasteiger partial charge in [0.25, 0.3) is 0 Å². The van der Waals surface area contributed by atoms with Crippen LogP contribution in [-0.2, 0) is 30.4 Å². The minimum Gasteiger partial charge on any atom is -0.480 e. The summed E-state index contributed by atoms with van der Waals surface area (Å²) in [6.45, 7) is 3.36. The van der Waals surface area contributed by atoms with Gasteiger partial charge in [-0.1, -0.05) is 13.8 Å². The third kappa shape index (κ3) is 9.49. The number of aromatic amines is 1. The van der Waals surface area contributed by atoms with Crippen molar-refractivity contribution < 1.29 is 29.1 Å². The third-order valence-electron chi connectivity index (χ3n) is 4.69. The van der Waals surface area contributed by atoms with Crippen LogP contribution in [0, 0.1) is 5.92 Å². The summed E-state index contributed by atoms with van der Waals surface area (Å²) in [6.07, 6.45) is 2.71. The molecule has 0 aromatic carbocycles. The summed E-state index contributed by atoms with van der Waals surface area (Å²) >= 11 is 4.07. The molecule has 0 saturated carbocycles. The van der Waals surface area contributed by atoms with Crippen LogP contribution in [0.15, 0.2) is 12.5 Å². The summed E-state index contributed by atoms with van der Waals surface area (Å²) in [4.78, 5) is 66.6. The van der Waals surface area contributed by atoms with E-state index < -0.39 is 53.8 Å². The highest BCUT2D eigenvalue weighted by Gasteiger charge is 2.31. The lowest BCUT2D eigenvalue weighted by atomic mass is 10.0. The molecule has 0 aliphatic rings. The highest BCUT2D eigenvalue weighted by molar-refractivity contribution is 7.80. The van der Waals surface area contributed by atoms with Crippen LogP contribution in [0.1, 0.15) is 32.4 Å². The maximum Gasteiger partial charge on any atom is 0.326 e. The molecule has 13 nitrogen and oxygen atoms in total. The molecule has 0 aliphatic carbocycles. The van der Waals surface area contributed by atoms with Gasteiger partial charge in [0.05, 0.1) is 12.4 Å². The first-order chi connectivity index (χ1) is 15.5. The SMILES string of the molecule is CC(C)C(NC(=O)C(N)CCC(N)=O)C(=O)NC(CS)C(=O)NC(Cc1cnc[nH]1)C(=O)O. The van der Waals surface area contributed by atoms with Gasteiger partial charge in [-0.05, 0) is 12.3 Å². The number of carbonyl (C=O) groups is 5. The molecule has 0 spiro atoms. The van der Waals surface area contributed by atoms with Crippen molar-refractivity contribution in [2.45, 2.75) is 57.3 Å². The molecule has 0 radical (unpaired) electrons. The molecule has 9 N–H and O–H groups in total. The smallest absolute Gasteiger partial charge is 0.326 e. The molecule has 14 heteroatoms. The van der Waals surface area contributed by atoms with Gasteiger partial charge in [-0.2, -0.15) is 12.6 Å². The highest BCUT2D eigenvalue weighted by Crippen LogP contribution is 2.06. The quantitative estimate of drug-likeness (QED) is 0.133. The number of aliphatic carboxylic acids is 1. The maximum absolute atomic E-state index is 12.8. The van der Waals surface area contributed by atoms with Gasteiger partial charge in [-0.15, -0.1) is 0 Å². The zero-order valence-corrected chi connectivity index (χ0v) is 19.3. The Labute approximate surface area is 196 Å². The van der Waals surface area contributed by atoms with Crippen molar-refractivity contribution in [3.63, 3.8) is 0 Å².